The fourth-order valence-electron chi connectivity index (χ4n) is 1.91. The zero-order valence-electron chi connectivity index (χ0n) is 11.4. The zero-order chi connectivity index (χ0) is 14.7. The topological polar surface area (TPSA) is 51.0 Å². The molecule has 0 aromatic heterocycles. The Morgan fingerprint density at radius 3 is 2.48 bits per heavy atom. The van der Waals surface area contributed by atoms with Gasteiger partial charge in [0.2, 0.25) is 0 Å². The van der Waals surface area contributed by atoms with E-state index in [1.165, 1.54) is 0 Å². The summed E-state index contributed by atoms with van der Waals surface area (Å²) in [5.74, 6) is 2.21. The van der Waals surface area contributed by atoms with Gasteiger partial charge in [-0.25, -0.2) is 9.79 Å². The molecule has 2 aromatic rings. The van der Waals surface area contributed by atoms with Crippen LogP contribution >= 0.6 is 0 Å². The van der Waals surface area contributed by atoms with Gasteiger partial charge in [-0.1, -0.05) is 53.2 Å². The molecular weight excluding hydrogens is 264 g/mol. The van der Waals surface area contributed by atoms with Crippen LogP contribution < -0.4 is 0 Å². The third-order valence-corrected chi connectivity index (χ3v) is 3.04. The van der Waals surface area contributed by atoms with E-state index in [2.05, 4.69) is 16.0 Å². The molecule has 3 rings (SSSR count). The van der Waals surface area contributed by atoms with Crippen molar-refractivity contribution in [3.63, 3.8) is 0 Å². The molecule has 0 amide bonds. The number of carbonyl (C=O) groups is 1. The Kier molecular flexibility index (Phi) is 3.46. The predicted molar refractivity (Wildman–Crippen MR) is 80.9 cm³/mol. The van der Waals surface area contributed by atoms with Crippen molar-refractivity contribution in [3.8, 4) is 0 Å². The third kappa shape index (κ3) is 2.81. The molecule has 0 saturated heterocycles. The Balaban J connectivity index is 1.99. The number of benzene rings is 2. The van der Waals surface area contributed by atoms with Crippen LogP contribution in [0.25, 0.3) is 0 Å². The maximum absolute atomic E-state index is 11.7. The summed E-state index contributed by atoms with van der Waals surface area (Å²) in [5, 5.41) is 3.80. The minimum absolute atomic E-state index is 0.238. The quantitative estimate of drug-likeness (QED) is 0.480. The molecule has 0 spiro atoms. The maximum atomic E-state index is 11.7. The second-order valence-corrected chi connectivity index (χ2v) is 4.62. The van der Waals surface area contributed by atoms with Gasteiger partial charge in [-0.15, -0.1) is 0 Å². The number of rotatable bonds is 2. The van der Waals surface area contributed by atoms with Crippen LogP contribution in [0.2, 0.25) is 0 Å². The van der Waals surface area contributed by atoms with E-state index in [-0.39, 0.29) is 5.57 Å². The lowest BCUT2D eigenvalue weighted by molar-refractivity contribution is -0.136. The highest BCUT2D eigenvalue weighted by atomic mass is 16.7. The van der Waals surface area contributed by atoms with Crippen LogP contribution in [0.4, 0.5) is 5.69 Å². The minimum Gasteiger partial charge on any atom is -0.311 e. The van der Waals surface area contributed by atoms with E-state index >= 15 is 0 Å². The van der Waals surface area contributed by atoms with Crippen molar-refractivity contribution in [2.24, 2.45) is 10.1 Å². The van der Waals surface area contributed by atoms with Crippen molar-refractivity contribution in [1.82, 2.24) is 0 Å². The van der Waals surface area contributed by atoms with E-state index in [1.54, 1.807) is 0 Å². The van der Waals surface area contributed by atoms with Crippen LogP contribution in [-0.2, 0) is 9.63 Å². The van der Waals surface area contributed by atoms with Gasteiger partial charge >= 0.3 is 5.97 Å². The van der Waals surface area contributed by atoms with E-state index in [4.69, 9.17) is 4.84 Å². The lowest BCUT2D eigenvalue weighted by atomic mass is 10.0. The van der Waals surface area contributed by atoms with Gasteiger partial charge in [0, 0.05) is 11.4 Å². The van der Waals surface area contributed by atoms with Gasteiger partial charge in [0.15, 0.2) is 5.57 Å². The van der Waals surface area contributed by atoms with E-state index in [0.29, 0.717) is 5.71 Å². The van der Waals surface area contributed by atoms with Gasteiger partial charge in [0.25, 0.3) is 0 Å². The van der Waals surface area contributed by atoms with Crippen LogP contribution in [0.15, 0.2) is 70.3 Å². The summed E-state index contributed by atoms with van der Waals surface area (Å²) >= 11 is 0. The van der Waals surface area contributed by atoms with Crippen LogP contribution in [0, 0.1) is 6.92 Å². The Hall–Kier alpha value is -2.97. The van der Waals surface area contributed by atoms with Crippen LogP contribution in [0.1, 0.15) is 11.1 Å². The van der Waals surface area contributed by atoms with Gasteiger partial charge in [-0.05, 0) is 19.1 Å². The number of carbonyl (C=O) groups excluding carboxylic acids is 1. The number of aliphatic imine (C=N–C) groups is 1. The SMILES string of the molecule is Cc1ccc(N=C=C2C(=O)ON=C2c2ccccc2)cc1. The number of nitrogens with zero attached hydrogens (tertiary/aromatic N) is 2. The van der Waals surface area contributed by atoms with Gasteiger partial charge in [-0.2, -0.15) is 0 Å². The molecule has 0 saturated carbocycles. The number of oxime groups is 1. The molecule has 1 aliphatic rings. The summed E-state index contributed by atoms with van der Waals surface area (Å²) in [4.78, 5) is 20.7. The summed E-state index contributed by atoms with van der Waals surface area (Å²) in [6.45, 7) is 2.00. The Morgan fingerprint density at radius 2 is 1.76 bits per heavy atom. The smallest absolute Gasteiger partial charge is 0.311 e. The average Bonchev–Trinajstić information content (AvgIpc) is 2.89. The Morgan fingerprint density at radius 1 is 1.05 bits per heavy atom. The molecule has 0 atom stereocenters. The number of hydrogen-bond donors (Lipinski definition) is 0. The minimum atomic E-state index is -0.537. The molecule has 102 valence electrons. The van der Waals surface area contributed by atoms with Crippen molar-refractivity contribution >= 4 is 23.2 Å². The molecule has 21 heavy (non-hydrogen) atoms. The van der Waals surface area contributed by atoms with Crippen molar-refractivity contribution in [2.75, 3.05) is 0 Å². The van der Waals surface area contributed by atoms with Crippen molar-refractivity contribution in [3.05, 3.63) is 71.3 Å². The molecule has 4 nitrogen and oxygen atoms in total. The molecule has 0 unspecified atom stereocenters. The molecule has 0 fully saturated rings. The van der Waals surface area contributed by atoms with E-state index in [1.807, 2.05) is 61.5 Å². The molecule has 0 aliphatic carbocycles. The second-order valence-electron chi connectivity index (χ2n) is 4.62. The van der Waals surface area contributed by atoms with Gasteiger partial charge in [0.05, 0.1) is 5.69 Å². The van der Waals surface area contributed by atoms with Crippen molar-refractivity contribution in [2.45, 2.75) is 6.92 Å². The first kappa shape index (κ1) is 13.0. The van der Waals surface area contributed by atoms with Gasteiger partial charge in [0.1, 0.15) is 5.71 Å². The van der Waals surface area contributed by atoms with Gasteiger partial charge in [-0.3, -0.25) is 0 Å². The third-order valence-electron chi connectivity index (χ3n) is 3.04. The van der Waals surface area contributed by atoms with Gasteiger partial charge < -0.3 is 4.84 Å². The number of aryl methyl sites for hydroxylation is 1. The summed E-state index contributed by atoms with van der Waals surface area (Å²) in [5.41, 5.74) is 3.36. The predicted octanol–water partition coefficient (Wildman–Crippen LogP) is 3.18. The molecular formula is C17H12N2O2. The average molecular weight is 276 g/mol. The zero-order valence-corrected chi connectivity index (χ0v) is 11.4. The highest BCUT2D eigenvalue weighted by Crippen LogP contribution is 2.17. The molecule has 2 aromatic carbocycles. The Bertz CT molecular complexity index is 768. The fraction of sp³-hybridized carbons (Fsp3) is 0.0588. The lowest BCUT2D eigenvalue weighted by Crippen LogP contribution is -2.07. The summed E-state index contributed by atoms with van der Waals surface area (Å²) in [7, 11) is 0. The highest BCUT2D eigenvalue weighted by Gasteiger charge is 2.27. The number of hydrogen-bond acceptors (Lipinski definition) is 4. The van der Waals surface area contributed by atoms with Crippen molar-refractivity contribution < 1.29 is 9.63 Å². The van der Waals surface area contributed by atoms with Crippen LogP contribution in [0.5, 0.6) is 0 Å². The first-order chi connectivity index (χ1) is 10.2. The summed E-state index contributed by atoms with van der Waals surface area (Å²) in [6, 6.07) is 17.0. The molecule has 0 N–H and O–H groups in total. The summed E-state index contributed by atoms with van der Waals surface area (Å²) < 4.78 is 0. The maximum Gasteiger partial charge on any atom is 0.377 e. The van der Waals surface area contributed by atoms with E-state index in [0.717, 1.165) is 16.8 Å². The first-order valence-corrected chi connectivity index (χ1v) is 6.49. The summed E-state index contributed by atoms with van der Waals surface area (Å²) in [6.07, 6.45) is 0. The highest BCUT2D eigenvalue weighted by molar-refractivity contribution is 6.33. The van der Waals surface area contributed by atoms with E-state index in [9.17, 15) is 4.79 Å². The second kappa shape index (κ2) is 5.57. The molecule has 1 heterocycles. The first-order valence-electron chi connectivity index (χ1n) is 6.49. The lowest BCUT2D eigenvalue weighted by Gasteiger charge is -1.96. The Labute approximate surface area is 122 Å². The monoisotopic (exact) mass is 276 g/mol. The van der Waals surface area contributed by atoms with E-state index < -0.39 is 5.97 Å². The largest absolute Gasteiger partial charge is 0.377 e. The molecule has 0 radical (unpaired) electrons. The van der Waals surface area contributed by atoms with Crippen molar-refractivity contribution in [1.29, 1.82) is 0 Å². The molecule has 4 heteroatoms. The van der Waals surface area contributed by atoms with Crippen LogP contribution in [0.3, 0.4) is 0 Å². The van der Waals surface area contributed by atoms with Crippen LogP contribution in [-0.4, -0.2) is 17.6 Å². The normalized spacial score (nSPS) is 13.5. The standard InChI is InChI=1S/C17H12N2O2/c1-12-7-9-14(10-8-12)18-11-15-16(19-21-17(15)20)13-5-3-2-4-6-13/h2-10H,1H3. The molecule has 1 aliphatic heterocycles. The fourth-order valence-corrected chi connectivity index (χ4v) is 1.91. The molecule has 0 bridgehead atoms.